The fourth-order valence-electron chi connectivity index (χ4n) is 2.56. The van der Waals surface area contributed by atoms with Crippen LogP contribution in [0.25, 0.3) is 0 Å². The van der Waals surface area contributed by atoms with E-state index in [9.17, 15) is 4.79 Å². The van der Waals surface area contributed by atoms with Crippen LogP contribution < -0.4 is 10.1 Å². The lowest BCUT2D eigenvalue weighted by Crippen LogP contribution is -2.15. The van der Waals surface area contributed by atoms with Gasteiger partial charge in [-0.2, -0.15) is 0 Å². The van der Waals surface area contributed by atoms with Crippen LogP contribution >= 0.6 is 15.9 Å². The van der Waals surface area contributed by atoms with Gasteiger partial charge in [0.2, 0.25) is 5.91 Å². The van der Waals surface area contributed by atoms with Crippen molar-refractivity contribution in [2.45, 2.75) is 12.3 Å². The molecule has 0 saturated heterocycles. The Hall–Kier alpha value is -1.81. The first-order valence-electron chi connectivity index (χ1n) is 6.88. The van der Waals surface area contributed by atoms with E-state index >= 15 is 0 Å². The Morgan fingerprint density at radius 1 is 1.24 bits per heavy atom. The van der Waals surface area contributed by atoms with E-state index in [2.05, 4.69) is 33.4 Å². The minimum atomic E-state index is 0.0519. The summed E-state index contributed by atoms with van der Waals surface area (Å²) in [5.41, 5.74) is 1.94. The molecule has 4 heteroatoms. The Balaban J connectivity index is 1.70. The molecule has 2 unspecified atom stereocenters. The molecule has 21 heavy (non-hydrogen) atoms. The summed E-state index contributed by atoms with van der Waals surface area (Å²) < 4.78 is 6.19. The molecule has 0 aliphatic heterocycles. The van der Waals surface area contributed by atoms with Crippen LogP contribution in [0.3, 0.4) is 0 Å². The SMILES string of the molecule is COc1ccc(Br)cc1NC(=O)C1CC1c1ccccc1. The van der Waals surface area contributed by atoms with Crippen LogP contribution in [0.2, 0.25) is 0 Å². The molecule has 1 amide bonds. The number of carbonyl (C=O) groups is 1. The Kier molecular flexibility index (Phi) is 3.97. The molecular formula is C17H16BrNO2. The highest BCUT2D eigenvalue weighted by Gasteiger charge is 2.43. The van der Waals surface area contributed by atoms with Gasteiger partial charge in [0.25, 0.3) is 0 Å². The summed E-state index contributed by atoms with van der Waals surface area (Å²) in [4.78, 5) is 12.4. The summed E-state index contributed by atoms with van der Waals surface area (Å²) in [5, 5.41) is 2.97. The molecule has 2 aromatic carbocycles. The first-order chi connectivity index (χ1) is 10.2. The van der Waals surface area contributed by atoms with Gasteiger partial charge < -0.3 is 10.1 Å². The van der Waals surface area contributed by atoms with E-state index in [0.29, 0.717) is 17.4 Å². The van der Waals surface area contributed by atoms with E-state index in [1.54, 1.807) is 7.11 Å². The van der Waals surface area contributed by atoms with Crippen molar-refractivity contribution in [1.82, 2.24) is 0 Å². The lowest BCUT2D eigenvalue weighted by Gasteiger charge is -2.10. The number of rotatable bonds is 4. The lowest BCUT2D eigenvalue weighted by atomic mass is 10.1. The fraction of sp³-hybridized carbons (Fsp3) is 0.235. The van der Waals surface area contributed by atoms with E-state index < -0.39 is 0 Å². The second kappa shape index (κ2) is 5.90. The normalized spacial score (nSPS) is 19.9. The van der Waals surface area contributed by atoms with Gasteiger partial charge in [0.15, 0.2) is 0 Å². The third kappa shape index (κ3) is 3.10. The molecule has 0 heterocycles. The van der Waals surface area contributed by atoms with Crippen molar-refractivity contribution in [3.63, 3.8) is 0 Å². The number of methoxy groups -OCH3 is 1. The number of ether oxygens (including phenoxy) is 1. The van der Waals surface area contributed by atoms with E-state index in [4.69, 9.17) is 4.74 Å². The molecule has 0 radical (unpaired) electrons. The molecule has 3 rings (SSSR count). The maximum atomic E-state index is 12.4. The van der Waals surface area contributed by atoms with Crippen LogP contribution in [0.1, 0.15) is 17.9 Å². The lowest BCUT2D eigenvalue weighted by molar-refractivity contribution is -0.117. The number of nitrogens with one attached hydrogen (secondary N) is 1. The molecule has 3 nitrogen and oxygen atoms in total. The summed E-state index contributed by atoms with van der Waals surface area (Å²) in [5.74, 6) is 1.11. The number of hydrogen-bond donors (Lipinski definition) is 1. The largest absolute Gasteiger partial charge is 0.495 e. The van der Waals surface area contributed by atoms with Crippen molar-refractivity contribution in [2.24, 2.45) is 5.92 Å². The van der Waals surface area contributed by atoms with Crippen molar-refractivity contribution >= 4 is 27.5 Å². The minimum absolute atomic E-state index is 0.0519. The molecule has 1 N–H and O–H groups in total. The number of hydrogen-bond acceptors (Lipinski definition) is 2. The smallest absolute Gasteiger partial charge is 0.228 e. The van der Waals surface area contributed by atoms with E-state index in [1.165, 1.54) is 5.56 Å². The molecule has 2 aromatic rings. The van der Waals surface area contributed by atoms with Crippen LogP contribution in [-0.4, -0.2) is 13.0 Å². The molecule has 2 atom stereocenters. The first kappa shape index (κ1) is 14.1. The average Bonchev–Trinajstić information content (AvgIpc) is 3.29. The summed E-state index contributed by atoms with van der Waals surface area (Å²) in [6.07, 6.45) is 0.909. The number of benzene rings is 2. The molecule has 1 saturated carbocycles. The third-order valence-corrected chi connectivity index (χ3v) is 4.27. The maximum absolute atomic E-state index is 12.4. The van der Waals surface area contributed by atoms with Gasteiger partial charge in [-0.15, -0.1) is 0 Å². The monoisotopic (exact) mass is 345 g/mol. The third-order valence-electron chi connectivity index (χ3n) is 3.77. The zero-order valence-corrected chi connectivity index (χ0v) is 13.3. The van der Waals surface area contributed by atoms with Crippen molar-refractivity contribution in [3.05, 3.63) is 58.6 Å². The summed E-state index contributed by atoms with van der Waals surface area (Å²) in [6, 6.07) is 15.8. The zero-order chi connectivity index (χ0) is 14.8. The predicted molar refractivity (Wildman–Crippen MR) is 86.6 cm³/mol. The van der Waals surface area contributed by atoms with Crippen LogP contribution in [0.15, 0.2) is 53.0 Å². The molecule has 0 bridgehead atoms. The van der Waals surface area contributed by atoms with Crippen molar-refractivity contribution < 1.29 is 9.53 Å². The van der Waals surface area contributed by atoms with Crippen LogP contribution in [0, 0.1) is 5.92 Å². The predicted octanol–water partition coefficient (Wildman–Crippen LogP) is 4.20. The van der Waals surface area contributed by atoms with E-state index in [-0.39, 0.29) is 11.8 Å². The Bertz CT molecular complexity index is 657. The number of amides is 1. The summed E-state index contributed by atoms with van der Waals surface area (Å²) in [7, 11) is 1.60. The van der Waals surface area contributed by atoms with Gasteiger partial charge in [0.05, 0.1) is 12.8 Å². The van der Waals surface area contributed by atoms with Crippen LogP contribution in [0.4, 0.5) is 5.69 Å². The van der Waals surface area contributed by atoms with Gasteiger partial charge in [-0.05, 0) is 36.1 Å². The molecule has 1 aliphatic carbocycles. The molecule has 1 aliphatic rings. The molecule has 0 spiro atoms. The fourth-order valence-corrected chi connectivity index (χ4v) is 2.92. The van der Waals surface area contributed by atoms with Gasteiger partial charge in [-0.1, -0.05) is 46.3 Å². The van der Waals surface area contributed by atoms with Crippen molar-refractivity contribution in [1.29, 1.82) is 0 Å². The van der Waals surface area contributed by atoms with Gasteiger partial charge in [-0.3, -0.25) is 4.79 Å². The minimum Gasteiger partial charge on any atom is -0.495 e. The van der Waals surface area contributed by atoms with Crippen LogP contribution in [0.5, 0.6) is 5.75 Å². The number of carbonyl (C=O) groups excluding carboxylic acids is 1. The van der Waals surface area contributed by atoms with Gasteiger partial charge >= 0.3 is 0 Å². The van der Waals surface area contributed by atoms with Gasteiger partial charge in [0, 0.05) is 10.4 Å². The summed E-state index contributed by atoms with van der Waals surface area (Å²) in [6.45, 7) is 0. The highest BCUT2D eigenvalue weighted by atomic mass is 79.9. The van der Waals surface area contributed by atoms with Crippen molar-refractivity contribution in [2.75, 3.05) is 12.4 Å². The van der Waals surface area contributed by atoms with E-state index in [1.807, 2.05) is 36.4 Å². The highest BCUT2D eigenvalue weighted by molar-refractivity contribution is 9.10. The standard InChI is InChI=1S/C17H16BrNO2/c1-21-16-8-7-12(18)9-15(16)19-17(20)14-10-13(14)11-5-3-2-4-6-11/h2-9,13-14H,10H2,1H3,(H,19,20). The second-order valence-electron chi connectivity index (χ2n) is 5.19. The molecule has 1 fully saturated rings. The van der Waals surface area contributed by atoms with E-state index in [0.717, 1.165) is 10.9 Å². The molecule has 108 valence electrons. The first-order valence-corrected chi connectivity index (χ1v) is 7.67. The maximum Gasteiger partial charge on any atom is 0.228 e. The van der Waals surface area contributed by atoms with Crippen molar-refractivity contribution in [3.8, 4) is 5.75 Å². The Morgan fingerprint density at radius 3 is 2.71 bits per heavy atom. The highest BCUT2D eigenvalue weighted by Crippen LogP contribution is 2.48. The number of halogens is 1. The van der Waals surface area contributed by atoms with Crippen LogP contribution in [-0.2, 0) is 4.79 Å². The molecule has 0 aromatic heterocycles. The van der Waals surface area contributed by atoms with Gasteiger partial charge in [-0.25, -0.2) is 0 Å². The second-order valence-corrected chi connectivity index (χ2v) is 6.11. The van der Waals surface area contributed by atoms with Gasteiger partial charge in [0.1, 0.15) is 5.75 Å². The summed E-state index contributed by atoms with van der Waals surface area (Å²) >= 11 is 3.41. The quantitative estimate of drug-likeness (QED) is 0.901. The molecular weight excluding hydrogens is 330 g/mol. The zero-order valence-electron chi connectivity index (χ0n) is 11.7. The Labute approximate surface area is 132 Å². The topological polar surface area (TPSA) is 38.3 Å². The average molecular weight is 346 g/mol. The Morgan fingerprint density at radius 2 is 2.00 bits per heavy atom. The number of anilines is 1.